The number of benzene rings is 1. The zero-order chi connectivity index (χ0) is 22.1. The summed E-state index contributed by atoms with van der Waals surface area (Å²) in [6.07, 6.45) is 9.90. The molecule has 4 bridgehead atoms. The molecule has 0 atom stereocenters. The predicted molar refractivity (Wildman–Crippen MR) is 121 cm³/mol. The van der Waals surface area contributed by atoms with Crippen LogP contribution in [-0.4, -0.2) is 35.7 Å². The summed E-state index contributed by atoms with van der Waals surface area (Å²) in [6.45, 7) is 1.91. The highest BCUT2D eigenvalue weighted by molar-refractivity contribution is 5.85. The Balaban J connectivity index is 1.06. The second-order valence-electron chi connectivity index (χ2n) is 10.9. The van der Waals surface area contributed by atoms with Crippen LogP contribution in [0.1, 0.15) is 68.9 Å². The molecule has 5 fully saturated rings. The smallest absolute Gasteiger partial charge is 0.239 e. The summed E-state index contributed by atoms with van der Waals surface area (Å²) in [4.78, 5) is 38.7. The number of nitrogens with one attached hydrogen (secondary N) is 2. The first-order chi connectivity index (χ1) is 15.5. The first kappa shape index (κ1) is 21.5. The molecule has 0 unspecified atom stereocenters. The van der Waals surface area contributed by atoms with Gasteiger partial charge in [0, 0.05) is 32.5 Å². The van der Waals surface area contributed by atoms with Gasteiger partial charge in [0.15, 0.2) is 0 Å². The molecule has 32 heavy (non-hydrogen) atoms. The Hall–Kier alpha value is -2.37. The molecule has 4 saturated carbocycles. The van der Waals surface area contributed by atoms with Crippen LogP contribution in [0.5, 0.6) is 0 Å². The maximum Gasteiger partial charge on any atom is 0.239 e. The second kappa shape index (κ2) is 8.87. The largest absolute Gasteiger partial charge is 0.350 e. The molecule has 6 heteroatoms. The molecule has 1 saturated heterocycles. The third-order valence-corrected chi connectivity index (χ3v) is 8.17. The van der Waals surface area contributed by atoms with E-state index < -0.39 is 0 Å². The number of likely N-dealkylation sites (tertiary alicyclic amines) is 1. The van der Waals surface area contributed by atoms with Gasteiger partial charge in [-0.1, -0.05) is 24.3 Å². The standard InChI is InChI=1S/C26H35N3O3/c30-23(14-26-11-20-8-21(12-26)10-22(9-20)13-26)28-16-24(31)27-15-18-3-1-4-19(7-18)17-29-6-2-5-25(29)32/h1,3-4,7,20-22H,2,5-6,8-17H2,(H,27,31)(H,28,30). The average Bonchev–Trinajstić information content (AvgIpc) is 3.14. The molecule has 6 nitrogen and oxygen atoms in total. The van der Waals surface area contributed by atoms with Crippen LogP contribution in [0, 0.1) is 23.2 Å². The lowest BCUT2D eigenvalue weighted by molar-refractivity contribution is -0.132. The van der Waals surface area contributed by atoms with Gasteiger partial charge >= 0.3 is 0 Å². The van der Waals surface area contributed by atoms with E-state index in [-0.39, 0.29) is 29.7 Å². The molecule has 0 spiro atoms. The zero-order valence-electron chi connectivity index (χ0n) is 18.9. The number of nitrogens with zero attached hydrogens (tertiary/aromatic N) is 1. The van der Waals surface area contributed by atoms with Crippen molar-refractivity contribution in [2.45, 2.75) is 70.9 Å². The van der Waals surface area contributed by atoms with Gasteiger partial charge in [0.25, 0.3) is 0 Å². The van der Waals surface area contributed by atoms with Gasteiger partial charge in [0.1, 0.15) is 0 Å². The van der Waals surface area contributed by atoms with Crippen molar-refractivity contribution in [3.63, 3.8) is 0 Å². The highest BCUT2D eigenvalue weighted by Crippen LogP contribution is 2.61. The minimum Gasteiger partial charge on any atom is -0.350 e. The molecule has 1 heterocycles. The molecule has 0 aromatic heterocycles. The number of amides is 3. The molecule has 1 aromatic carbocycles. The van der Waals surface area contributed by atoms with Crippen LogP contribution in [0.2, 0.25) is 0 Å². The van der Waals surface area contributed by atoms with Crippen molar-refractivity contribution in [2.75, 3.05) is 13.1 Å². The van der Waals surface area contributed by atoms with Crippen molar-refractivity contribution >= 4 is 17.7 Å². The lowest BCUT2D eigenvalue weighted by Gasteiger charge is -2.56. The summed E-state index contributed by atoms with van der Waals surface area (Å²) in [5, 5.41) is 5.77. The Bertz CT molecular complexity index is 861. The van der Waals surface area contributed by atoms with E-state index in [1.165, 1.54) is 38.5 Å². The van der Waals surface area contributed by atoms with Gasteiger partial charge in [-0.2, -0.15) is 0 Å². The fourth-order valence-corrected chi connectivity index (χ4v) is 7.28. The molecule has 6 rings (SSSR count). The van der Waals surface area contributed by atoms with Gasteiger partial charge < -0.3 is 15.5 Å². The van der Waals surface area contributed by atoms with Gasteiger partial charge in [0.05, 0.1) is 6.54 Å². The van der Waals surface area contributed by atoms with Gasteiger partial charge in [0.2, 0.25) is 17.7 Å². The van der Waals surface area contributed by atoms with E-state index in [1.807, 2.05) is 29.2 Å². The highest BCUT2D eigenvalue weighted by atomic mass is 16.2. The molecule has 3 amide bonds. The van der Waals surface area contributed by atoms with E-state index in [1.54, 1.807) is 0 Å². The topological polar surface area (TPSA) is 78.5 Å². The van der Waals surface area contributed by atoms with E-state index >= 15 is 0 Å². The van der Waals surface area contributed by atoms with Crippen molar-refractivity contribution in [3.8, 4) is 0 Å². The third-order valence-electron chi connectivity index (χ3n) is 8.17. The van der Waals surface area contributed by atoms with Crippen LogP contribution < -0.4 is 10.6 Å². The fourth-order valence-electron chi connectivity index (χ4n) is 7.28. The quantitative estimate of drug-likeness (QED) is 0.656. The minimum atomic E-state index is -0.163. The number of carbonyl (C=O) groups excluding carboxylic acids is 3. The maximum atomic E-state index is 12.6. The molecule has 1 aliphatic heterocycles. The molecular weight excluding hydrogens is 402 g/mol. The highest BCUT2D eigenvalue weighted by Gasteiger charge is 2.51. The van der Waals surface area contributed by atoms with E-state index in [4.69, 9.17) is 0 Å². The van der Waals surface area contributed by atoms with Crippen LogP contribution in [0.15, 0.2) is 24.3 Å². The van der Waals surface area contributed by atoms with E-state index in [0.29, 0.717) is 25.9 Å². The number of rotatable bonds is 8. The van der Waals surface area contributed by atoms with Crippen molar-refractivity contribution in [3.05, 3.63) is 35.4 Å². The van der Waals surface area contributed by atoms with Crippen LogP contribution in [0.4, 0.5) is 0 Å². The summed E-state index contributed by atoms with van der Waals surface area (Å²) < 4.78 is 0. The number of hydrogen-bond donors (Lipinski definition) is 2. The van der Waals surface area contributed by atoms with Crippen molar-refractivity contribution in [2.24, 2.45) is 23.2 Å². The molecular formula is C26H35N3O3. The Labute approximate surface area is 190 Å². The first-order valence-corrected chi connectivity index (χ1v) is 12.4. The third kappa shape index (κ3) is 4.84. The van der Waals surface area contributed by atoms with Gasteiger partial charge in [-0.15, -0.1) is 0 Å². The SMILES string of the molecule is O=C(CNC(=O)CC12CC3CC(CC(C3)C1)C2)NCc1cccc(CN2CCCC2=O)c1. The van der Waals surface area contributed by atoms with Crippen molar-refractivity contribution in [1.29, 1.82) is 0 Å². The fraction of sp³-hybridized carbons (Fsp3) is 0.654. The summed E-state index contributed by atoms with van der Waals surface area (Å²) in [7, 11) is 0. The molecule has 4 aliphatic carbocycles. The van der Waals surface area contributed by atoms with Crippen LogP contribution in [-0.2, 0) is 27.5 Å². The lowest BCUT2D eigenvalue weighted by Crippen LogP contribution is -2.48. The summed E-state index contributed by atoms with van der Waals surface area (Å²) >= 11 is 0. The van der Waals surface area contributed by atoms with E-state index in [9.17, 15) is 14.4 Å². The summed E-state index contributed by atoms with van der Waals surface area (Å²) in [5.74, 6) is 2.57. The van der Waals surface area contributed by atoms with Crippen LogP contribution >= 0.6 is 0 Å². The van der Waals surface area contributed by atoms with E-state index in [0.717, 1.165) is 41.8 Å². The number of carbonyl (C=O) groups is 3. The van der Waals surface area contributed by atoms with E-state index in [2.05, 4.69) is 10.6 Å². The Kier molecular flexibility index (Phi) is 5.95. The lowest BCUT2D eigenvalue weighted by atomic mass is 9.49. The Morgan fingerprint density at radius 3 is 2.31 bits per heavy atom. The van der Waals surface area contributed by atoms with Crippen LogP contribution in [0.25, 0.3) is 0 Å². The first-order valence-electron chi connectivity index (χ1n) is 12.4. The molecule has 2 N–H and O–H groups in total. The van der Waals surface area contributed by atoms with Gasteiger partial charge in [-0.3, -0.25) is 14.4 Å². The van der Waals surface area contributed by atoms with Crippen molar-refractivity contribution in [1.82, 2.24) is 15.5 Å². The monoisotopic (exact) mass is 437 g/mol. The maximum absolute atomic E-state index is 12.6. The summed E-state index contributed by atoms with van der Waals surface area (Å²) in [6, 6.07) is 7.99. The summed E-state index contributed by atoms with van der Waals surface area (Å²) in [5.41, 5.74) is 2.28. The molecule has 172 valence electrons. The molecule has 5 aliphatic rings. The Morgan fingerprint density at radius 1 is 0.969 bits per heavy atom. The normalized spacial score (nSPS) is 30.6. The zero-order valence-corrected chi connectivity index (χ0v) is 18.9. The Morgan fingerprint density at radius 2 is 1.66 bits per heavy atom. The average molecular weight is 438 g/mol. The van der Waals surface area contributed by atoms with Gasteiger partial charge in [-0.05, 0) is 79.2 Å². The number of hydrogen-bond acceptors (Lipinski definition) is 3. The van der Waals surface area contributed by atoms with Gasteiger partial charge in [-0.25, -0.2) is 0 Å². The molecule has 0 radical (unpaired) electrons. The predicted octanol–water partition coefficient (Wildman–Crippen LogP) is 3.15. The van der Waals surface area contributed by atoms with Crippen molar-refractivity contribution < 1.29 is 14.4 Å². The van der Waals surface area contributed by atoms with Crippen LogP contribution in [0.3, 0.4) is 0 Å². The second-order valence-corrected chi connectivity index (χ2v) is 10.9. The molecule has 1 aromatic rings. The minimum absolute atomic E-state index is 0.0272.